The van der Waals surface area contributed by atoms with Crippen LogP contribution in [-0.2, 0) is 21.2 Å². The van der Waals surface area contributed by atoms with Crippen molar-refractivity contribution in [1.29, 1.82) is 0 Å². The van der Waals surface area contributed by atoms with Gasteiger partial charge in [0.15, 0.2) is 0 Å². The number of hydrogen-bond acceptors (Lipinski definition) is 3. The number of nitrogens with zero attached hydrogens (tertiary/aromatic N) is 1. The number of rotatable bonds is 6. The molecule has 1 aliphatic heterocycles. The van der Waals surface area contributed by atoms with Gasteiger partial charge in [-0.05, 0) is 30.0 Å². The zero-order valence-corrected chi connectivity index (χ0v) is 17.7. The van der Waals surface area contributed by atoms with E-state index >= 15 is 0 Å². The molecule has 0 unspecified atom stereocenters. The molecule has 0 aliphatic carbocycles. The van der Waals surface area contributed by atoms with Gasteiger partial charge < -0.3 is 4.90 Å². The van der Waals surface area contributed by atoms with Crippen LogP contribution in [0, 0.1) is 11.7 Å². The summed E-state index contributed by atoms with van der Waals surface area (Å²) in [6, 6.07) is 13.5. The summed E-state index contributed by atoms with van der Waals surface area (Å²) in [7, 11) is -3.40. The number of nitrogens with one attached hydrogen (secondary N) is 1. The Kier molecular flexibility index (Phi) is 6.39. The van der Waals surface area contributed by atoms with Crippen LogP contribution in [0.15, 0.2) is 48.5 Å². The van der Waals surface area contributed by atoms with Gasteiger partial charge >= 0.3 is 0 Å². The summed E-state index contributed by atoms with van der Waals surface area (Å²) < 4.78 is 40.5. The Morgan fingerprint density at radius 2 is 1.93 bits per heavy atom. The average Bonchev–Trinajstić information content (AvgIpc) is 3.02. The Labute approximate surface area is 172 Å². The second-order valence-corrected chi connectivity index (χ2v) is 9.70. The molecule has 0 spiro atoms. The third-order valence-corrected chi connectivity index (χ3v) is 5.98. The molecule has 29 heavy (non-hydrogen) atoms. The van der Waals surface area contributed by atoms with Gasteiger partial charge in [-0.3, -0.25) is 4.79 Å². The van der Waals surface area contributed by atoms with Crippen LogP contribution in [0.3, 0.4) is 0 Å². The fraction of sp³-hybridized carbons (Fsp3) is 0.409. The molecule has 3 rings (SSSR count). The first-order valence-corrected chi connectivity index (χ1v) is 11.7. The summed E-state index contributed by atoms with van der Waals surface area (Å²) in [5.74, 6) is -0.448. The third kappa shape index (κ3) is 5.22. The highest BCUT2D eigenvalue weighted by atomic mass is 32.2. The van der Waals surface area contributed by atoms with E-state index in [1.54, 1.807) is 23.1 Å². The van der Waals surface area contributed by atoms with E-state index in [9.17, 15) is 17.6 Å². The van der Waals surface area contributed by atoms with E-state index in [1.165, 1.54) is 6.07 Å². The minimum absolute atomic E-state index is 0.0121. The third-order valence-electron chi connectivity index (χ3n) is 5.24. The first-order chi connectivity index (χ1) is 13.7. The molecule has 1 N–H and O–H groups in total. The van der Waals surface area contributed by atoms with Crippen molar-refractivity contribution in [3.8, 4) is 11.1 Å². The number of carbonyl (C=O) groups is 1. The van der Waals surface area contributed by atoms with Crippen molar-refractivity contribution in [3.63, 3.8) is 0 Å². The largest absolute Gasteiger partial charge is 0.337 e. The summed E-state index contributed by atoms with van der Waals surface area (Å²) in [4.78, 5) is 14.5. The molecule has 0 bridgehead atoms. The molecule has 1 aliphatic rings. The molecule has 0 radical (unpaired) electrons. The summed E-state index contributed by atoms with van der Waals surface area (Å²) >= 11 is 0. The molecule has 2 aromatic rings. The second-order valence-electron chi connectivity index (χ2n) is 7.92. The van der Waals surface area contributed by atoms with Gasteiger partial charge in [-0.25, -0.2) is 17.5 Å². The maximum Gasteiger partial charge on any atom is 0.225 e. The van der Waals surface area contributed by atoms with Gasteiger partial charge in [0, 0.05) is 24.1 Å². The zero-order chi connectivity index (χ0) is 21.2. The minimum atomic E-state index is -3.40. The Morgan fingerprint density at radius 3 is 2.59 bits per heavy atom. The first kappa shape index (κ1) is 21.5. The van der Waals surface area contributed by atoms with Crippen molar-refractivity contribution < 1.29 is 17.6 Å². The van der Waals surface area contributed by atoms with Crippen LogP contribution >= 0.6 is 0 Å². The van der Waals surface area contributed by atoms with Crippen LogP contribution in [0.4, 0.5) is 4.39 Å². The maximum atomic E-state index is 14.2. The molecule has 5 nitrogen and oxygen atoms in total. The summed E-state index contributed by atoms with van der Waals surface area (Å²) in [6.07, 6.45) is 2.20. The lowest BCUT2D eigenvalue weighted by atomic mass is 9.96. The molecular weight excluding hydrogens is 391 g/mol. The first-order valence-electron chi connectivity index (χ1n) is 9.77. The number of amides is 1. The topological polar surface area (TPSA) is 66.5 Å². The highest BCUT2D eigenvalue weighted by molar-refractivity contribution is 7.88. The van der Waals surface area contributed by atoms with Gasteiger partial charge in [-0.2, -0.15) is 0 Å². The smallest absolute Gasteiger partial charge is 0.225 e. The maximum absolute atomic E-state index is 14.2. The molecule has 1 fully saturated rings. The minimum Gasteiger partial charge on any atom is -0.337 e. The molecule has 0 saturated carbocycles. The van der Waals surface area contributed by atoms with Crippen molar-refractivity contribution in [2.75, 3.05) is 12.8 Å². The van der Waals surface area contributed by atoms with Crippen molar-refractivity contribution in [1.82, 2.24) is 9.62 Å². The summed E-state index contributed by atoms with van der Waals surface area (Å²) in [5, 5.41) is 0. The predicted octanol–water partition coefficient (Wildman–Crippen LogP) is 3.21. The Morgan fingerprint density at radius 1 is 1.21 bits per heavy atom. The van der Waals surface area contributed by atoms with Crippen LogP contribution in [0.25, 0.3) is 11.1 Å². The molecule has 1 heterocycles. The lowest BCUT2D eigenvalue weighted by Crippen LogP contribution is -2.48. The normalized spacial score (nSPS) is 19.7. The van der Waals surface area contributed by atoms with E-state index < -0.39 is 10.0 Å². The van der Waals surface area contributed by atoms with Crippen molar-refractivity contribution in [2.24, 2.45) is 5.92 Å². The highest BCUT2D eigenvalue weighted by Gasteiger charge is 2.38. The average molecular weight is 419 g/mol. The van der Waals surface area contributed by atoms with Crippen LogP contribution < -0.4 is 4.72 Å². The fourth-order valence-electron chi connectivity index (χ4n) is 3.93. The van der Waals surface area contributed by atoms with E-state index in [2.05, 4.69) is 4.72 Å². The van der Waals surface area contributed by atoms with Gasteiger partial charge in [0.05, 0.1) is 12.3 Å². The quantitative estimate of drug-likeness (QED) is 0.783. The number of carbonyl (C=O) groups excluding carboxylic acids is 1. The Balaban J connectivity index is 1.90. The van der Waals surface area contributed by atoms with E-state index in [0.29, 0.717) is 24.9 Å². The molecular formula is C22H27FN2O3S. The van der Waals surface area contributed by atoms with E-state index in [-0.39, 0.29) is 29.7 Å². The van der Waals surface area contributed by atoms with E-state index in [4.69, 9.17) is 0 Å². The molecule has 2 aromatic carbocycles. The number of likely N-dealkylation sites (tertiary alicyclic amines) is 1. The number of sulfonamides is 1. The summed E-state index contributed by atoms with van der Waals surface area (Å²) in [6.45, 7) is 4.20. The van der Waals surface area contributed by atoms with E-state index in [0.717, 1.165) is 17.4 Å². The molecule has 1 amide bonds. The number of halogens is 1. The lowest BCUT2D eigenvalue weighted by Gasteiger charge is -2.30. The lowest BCUT2D eigenvalue weighted by molar-refractivity contribution is -0.135. The van der Waals surface area contributed by atoms with Gasteiger partial charge in [-0.1, -0.05) is 56.3 Å². The molecule has 1 saturated heterocycles. The Bertz CT molecular complexity index is 991. The predicted molar refractivity (Wildman–Crippen MR) is 112 cm³/mol. The van der Waals surface area contributed by atoms with Gasteiger partial charge in [0.2, 0.25) is 15.9 Å². The zero-order valence-electron chi connectivity index (χ0n) is 16.9. The van der Waals surface area contributed by atoms with Crippen LogP contribution in [0.1, 0.15) is 25.8 Å². The number of benzene rings is 2. The van der Waals surface area contributed by atoms with E-state index in [1.807, 2.05) is 38.1 Å². The monoisotopic (exact) mass is 418 g/mol. The second kappa shape index (κ2) is 8.63. The van der Waals surface area contributed by atoms with Crippen LogP contribution in [-0.4, -0.2) is 44.1 Å². The Hall–Kier alpha value is -2.25. The number of hydrogen-bond donors (Lipinski definition) is 1. The van der Waals surface area contributed by atoms with Crippen molar-refractivity contribution in [2.45, 2.75) is 38.8 Å². The summed E-state index contributed by atoms with van der Waals surface area (Å²) in [5.41, 5.74) is 2.20. The standard InChI is InChI=1S/C22H27FN2O3S/c1-15(2)22(26)25-12-11-20(24-29(3,27)28)21(25)14-16-7-6-8-17(13-16)18-9-4-5-10-19(18)23/h4-10,13,15,20-21,24H,11-12,14H2,1-3H3/t20-,21-/m1/s1. The fourth-order valence-corrected chi connectivity index (χ4v) is 4.75. The molecule has 0 aromatic heterocycles. The van der Waals surface area contributed by atoms with Gasteiger partial charge in [-0.15, -0.1) is 0 Å². The van der Waals surface area contributed by atoms with Crippen LogP contribution in [0.5, 0.6) is 0 Å². The van der Waals surface area contributed by atoms with Crippen LogP contribution in [0.2, 0.25) is 0 Å². The highest BCUT2D eigenvalue weighted by Crippen LogP contribution is 2.27. The molecule has 2 atom stereocenters. The van der Waals surface area contributed by atoms with Gasteiger partial charge in [0.25, 0.3) is 0 Å². The molecule has 156 valence electrons. The van der Waals surface area contributed by atoms with Gasteiger partial charge in [0.1, 0.15) is 5.82 Å². The van der Waals surface area contributed by atoms with Crippen molar-refractivity contribution in [3.05, 3.63) is 59.9 Å². The van der Waals surface area contributed by atoms with Crippen molar-refractivity contribution >= 4 is 15.9 Å². The SMILES string of the molecule is CC(C)C(=O)N1CC[C@@H](NS(C)(=O)=O)[C@H]1Cc1cccc(-c2ccccc2F)c1. The molecule has 7 heteroatoms.